The van der Waals surface area contributed by atoms with Gasteiger partial charge in [0.2, 0.25) is 11.8 Å². The monoisotopic (exact) mass is 782 g/mol. The van der Waals surface area contributed by atoms with E-state index in [0.29, 0.717) is 11.8 Å². The van der Waals surface area contributed by atoms with Gasteiger partial charge in [0.15, 0.2) is 0 Å². The Morgan fingerprint density at radius 1 is 0.424 bits per heavy atom. The molecule has 0 bridgehead atoms. The summed E-state index contributed by atoms with van der Waals surface area (Å²) in [7, 11) is 6.59. The van der Waals surface area contributed by atoms with Crippen LogP contribution in [-0.2, 0) is 0 Å². The zero-order chi connectivity index (χ0) is 41.0. The molecule has 0 aliphatic rings. The van der Waals surface area contributed by atoms with Crippen molar-refractivity contribution in [2.24, 2.45) is 0 Å². The molecule has 0 N–H and O–H groups in total. The van der Waals surface area contributed by atoms with Crippen molar-refractivity contribution in [2.75, 3.05) is 28.4 Å². The Morgan fingerprint density at radius 2 is 0.831 bits per heavy atom. The molecule has 8 nitrogen and oxygen atoms in total. The van der Waals surface area contributed by atoms with Crippen LogP contribution in [0.4, 0.5) is 4.39 Å². The summed E-state index contributed by atoms with van der Waals surface area (Å²) in [5.41, 5.74) is 8.93. The molecule has 294 valence electrons. The van der Waals surface area contributed by atoms with Gasteiger partial charge in [-0.15, -0.1) is 0 Å². The first-order valence-electron chi connectivity index (χ1n) is 18.9. The lowest BCUT2D eigenvalue weighted by molar-refractivity contribution is 0.382. The summed E-state index contributed by atoms with van der Waals surface area (Å²) >= 11 is 0. The maximum atomic E-state index is 13.6. The predicted octanol–water partition coefficient (Wildman–Crippen LogP) is 11.6. The molecule has 0 spiro atoms. The van der Waals surface area contributed by atoms with Gasteiger partial charge in [-0.3, -0.25) is 0 Å². The summed E-state index contributed by atoms with van der Waals surface area (Å²) in [6, 6.07) is 52.0. The SMILES string of the molecule is COc1ccc(-c2nn(-c3ccccc3)c(OC)c2/C=C/c2cccc(F)c2)cc1.COc1ccc(-c2nn(-c3ccccc3)c(OC)c2/C=C/c2ccccc2)cc1. The fourth-order valence-electron chi connectivity index (χ4n) is 6.47. The first-order valence-corrected chi connectivity index (χ1v) is 18.9. The fourth-order valence-corrected chi connectivity index (χ4v) is 6.47. The number of para-hydroxylation sites is 2. The molecule has 0 radical (unpaired) electrons. The number of nitrogens with zero attached hydrogens (tertiary/aromatic N) is 4. The summed E-state index contributed by atoms with van der Waals surface area (Å²) in [4.78, 5) is 0. The molecule has 59 heavy (non-hydrogen) atoms. The molecule has 0 atom stereocenters. The lowest BCUT2D eigenvalue weighted by Crippen LogP contribution is -1.99. The van der Waals surface area contributed by atoms with Crippen LogP contribution in [0.25, 0.3) is 58.2 Å². The van der Waals surface area contributed by atoms with E-state index in [1.807, 2.05) is 150 Å². The van der Waals surface area contributed by atoms with E-state index < -0.39 is 0 Å². The predicted molar refractivity (Wildman–Crippen MR) is 235 cm³/mol. The molecule has 0 aliphatic carbocycles. The fraction of sp³-hybridized carbons (Fsp3) is 0.0800. The first kappa shape index (κ1) is 39.6. The normalized spacial score (nSPS) is 11.0. The van der Waals surface area contributed by atoms with Crippen molar-refractivity contribution in [2.45, 2.75) is 0 Å². The van der Waals surface area contributed by atoms with Crippen LogP contribution in [-0.4, -0.2) is 48.0 Å². The van der Waals surface area contributed by atoms with Crippen molar-refractivity contribution in [3.05, 3.63) is 192 Å². The molecule has 8 rings (SSSR count). The number of hydrogen-bond donors (Lipinski definition) is 0. The molecule has 0 saturated carbocycles. The van der Waals surface area contributed by atoms with Crippen molar-refractivity contribution in [1.82, 2.24) is 19.6 Å². The minimum atomic E-state index is -0.278. The first-order chi connectivity index (χ1) is 29.0. The molecular formula is C50H43FN4O4. The van der Waals surface area contributed by atoms with Crippen molar-refractivity contribution >= 4 is 24.3 Å². The van der Waals surface area contributed by atoms with Gasteiger partial charge in [-0.05, 0) is 108 Å². The zero-order valence-corrected chi connectivity index (χ0v) is 33.2. The Morgan fingerprint density at radius 3 is 1.24 bits per heavy atom. The summed E-state index contributed by atoms with van der Waals surface area (Å²) < 4.78 is 39.3. The van der Waals surface area contributed by atoms with Crippen LogP contribution in [0.15, 0.2) is 164 Å². The topological polar surface area (TPSA) is 72.6 Å². The van der Waals surface area contributed by atoms with Gasteiger partial charge >= 0.3 is 0 Å². The molecule has 6 aromatic carbocycles. The second kappa shape index (κ2) is 19.0. The van der Waals surface area contributed by atoms with E-state index >= 15 is 0 Å². The van der Waals surface area contributed by atoms with E-state index in [4.69, 9.17) is 29.1 Å². The van der Waals surface area contributed by atoms with Gasteiger partial charge in [0.1, 0.15) is 28.7 Å². The third-order valence-corrected chi connectivity index (χ3v) is 9.40. The number of aromatic nitrogens is 4. The van der Waals surface area contributed by atoms with Gasteiger partial charge in [-0.2, -0.15) is 19.6 Å². The second-order valence-electron chi connectivity index (χ2n) is 13.1. The molecule has 0 amide bonds. The Labute approximate surface area is 343 Å². The van der Waals surface area contributed by atoms with Gasteiger partial charge in [0.25, 0.3) is 0 Å². The highest BCUT2D eigenvalue weighted by atomic mass is 19.1. The summed E-state index contributed by atoms with van der Waals surface area (Å²) in [5.74, 6) is 2.59. The smallest absolute Gasteiger partial charge is 0.224 e. The Balaban J connectivity index is 0.000000179. The number of halogens is 1. The third-order valence-electron chi connectivity index (χ3n) is 9.40. The Bertz CT molecular complexity index is 2640. The van der Waals surface area contributed by atoms with Crippen LogP contribution in [0.3, 0.4) is 0 Å². The molecule has 9 heteroatoms. The molecule has 8 aromatic rings. The van der Waals surface area contributed by atoms with Crippen molar-refractivity contribution < 1.29 is 23.3 Å². The number of methoxy groups -OCH3 is 4. The minimum absolute atomic E-state index is 0.278. The van der Waals surface area contributed by atoms with E-state index in [9.17, 15) is 4.39 Å². The van der Waals surface area contributed by atoms with Crippen LogP contribution in [0.5, 0.6) is 23.3 Å². The standard InChI is InChI=1S/C25H21FN2O2.C25H22N2O2/c1-29-22-14-12-19(13-15-22)24-23(16-11-18-7-6-8-20(26)17-18)25(30-2)28(27-24)21-9-4-3-5-10-21;1-28-22-16-14-20(15-17-22)24-23(18-13-19-9-5-3-6-10-19)25(29-2)27(26-24)21-11-7-4-8-12-21/h3-17H,1-2H3;3-18H,1-2H3/b16-11+;18-13+. The zero-order valence-electron chi connectivity index (χ0n) is 33.2. The third kappa shape index (κ3) is 9.32. The number of rotatable bonds is 12. The summed E-state index contributed by atoms with van der Waals surface area (Å²) in [6.07, 6.45) is 7.88. The number of ether oxygens (including phenoxy) is 4. The van der Waals surface area contributed by atoms with Crippen LogP contribution in [0.2, 0.25) is 0 Å². The van der Waals surface area contributed by atoms with Crippen LogP contribution < -0.4 is 18.9 Å². The van der Waals surface area contributed by atoms with E-state index in [1.54, 1.807) is 39.2 Å². The molecule has 0 aliphatic heterocycles. The number of benzene rings is 6. The van der Waals surface area contributed by atoms with Crippen LogP contribution in [0.1, 0.15) is 22.3 Å². The van der Waals surface area contributed by atoms with E-state index in [0.717, 1.165) is 67.6 Å². The molecule has 0 saturated heterocycles. The second-order valence-corrected chi connectivity index (χ2v) is 13.1. The highest BCUT2D eigenvalue weighted by Crippen LogP contribution is 2.36. The average Bonchev–Trinajstić information content (AvgIpc) is 3.87. The van der Waals surface area contributed by atoms with Crippen molar-refractivity contribution in [1.29, 1.82) is 0 Å². The maximum absolute atomic E-state index is 13.6. The largest absolute Gasteiger partial charge is 0.497 e. The Hall–Kier alpha value is -7.65. The molecule has 0 unspecified atom stereocenters. The lowest BCUT2D eigenvalue weighted by atomic mass is 10.1. The minimum Gasteiger partial charge on any atom is -0.497 e. The molecule has 0 fully saturated rings. The summed E-state index contributed by atoms with van der Waals surface area (Å²) in [5, 5.41) is 9.72. The van der Waals surface area contributed by atoms with Crippen molar-refractivity contribution in [3.63, 3.8) is 0 Å². The average molecular weight is 783 g/mol. The Kier molecular flexibility index (Phi) is 12.7. The quantitative estimate of drug-likeness (QED) is 0.123. The van der Waals surface area contributed by atoms with Gasteiger partial charge < -0.3 is 18.9 Å². The van der Waals surface area contributed by atoms with Crippen molar-refractivity contribution in [3.8, 4) is 57.1 Å². The van der Waals surface area contributed by atoms with Gasteiger partial charge in [0.05, 0.1) is 50.9 Å². The van der Waals surface area contributed by atoms with Gasteiger partial charge in [0, 0.05) is 11.1 Å². The van der Waals surface area contributed by atoms with Gasteiger partial charge in [-0.1, -0.05) is 91.0 Å². The summed E-state index contributed by atoms with van der Waals surface area (Å²) in [6.45, 7) is 0. The molecular weight excluding hydrogens is 740 g/mol. The van der Waals surface area contributed by atoms with E-state index in [-0.39, 0.29) is 5.82 Å². The maximum Gasteiger partial charge on any atom is 0.224 e. The number of hydrogen-bond acceptors (Lipinski definition) is 6. The van der Waals surface area contributed by atoms with E-state index in [1.165, 1.54) is 12.1 Å². The highest BCUT2D eigenvalue weighted by molar-refractivity contribution is 5.83. The van der Waals surface area contributed by atoms with E-state index in [2.05, 4.69) is 24.3 Å². The van der Waals surface area contributed by atoms with Crippen LogP contribution >= 0.6 is 0 Å². The van der Waals surface area contributed by atoms with Gasteiger partial charge in [-0.25, -0.2) is 4.39 Å². The highest BCUT2D eigenvalue weighted by Gasteiger charge is 2.21. The lowest BCUT2D eigenvalue weighted by Gasteiger charge is -2.06. The molecule has 2 heterocycles. The molecule has 2 aromatic heterocycles. The van der Waals surface area contributed by atoms with Crippen LogP contribution in [0, 0.1) is 5.82 Å².